The van der Waals surface area contributed by atoms with Crippen molar-refractivity contribution in [3.63, 3.8) is 0 Å². The van der Waals surface area contributed by atoms with Crippen LogP contribution in [0, 0.1) is 0 Å². The summed E-state index contributed by atoms with van der Waals surface area (Å²) >= 11 is 3.41. The summed E-state index contributed by atoms with van der Waals surface area (Å²) in [6.07, 6.45) is 1.48. The van der Waals surface area contributed by atoms with E-state index in [2.05, 4.69) is 36.5 Å². The summed E-state index contributed by atoms with van der Waals surface area (Å²) in [5.41, 5.74) is 8.44. The molecule has 3 rings (SSSR count). The number of nitrogen functional groups attached to an aromatic ring is 1. The molecule has 0 amide bonds. The minimum absolute atomic E-state index is 0.467. The van der Waals surface area contributed by atoms with Crippen LogP contribution in [0.25, 0.3) is 0 Å². The van der Waals surface area contributed by atoms with Crippen molar-refractivity contribution in [2.24, 2.45) is 0 Å². The number of nitrogens with one attached hydrogen (secondary N) is 2. The van der Waals surface area contributed by atoms with Gasteiger partial charge in [-0.1, -0.05) is 34.1 Å². The Kier molecular flexibility index (Phi) is 4.20. The fourth-order valence-electron chi connectivity index (χ4n) is 1.92. The van der Waals surface area contributed by atoms with Crippen molar-refractivity contribution in [2.75, 3.05) is 16.4 Å². The molecular formula is C16H14BrN5. The van der Waals surface area contributed by atoms with Gasteiger partial charge in [0.25, 0.3) is 0 Å². The van der Waals surface area contributed by atoms with Crippen molar-refractivity contribution in [3.05, 3.63) is 65.4 Å². The molecule has 0 radical (unpaired) electrons. The zero-order valence-corrected chi connectivity index (χ0v) is 13.2. The van der Waals surface area contributed by atoms with E-state index in [1.807, 2.05) is 54.6 Å². The van der Waals surface area contributed by atoms with Gasteiger partial charge in [-0.15, -0.1) is 0 Å². The average Bonchev–Trinajstić information content (AvgIpc) is 2.54. The topological polar surface area (TPSA) is 75.9 Å². The maximum absolute atomic E-state index is 6.15. The molecule has 2 aromatic carbocycles. The van der Waals surface area contributed by atoms with E-state index in [9.17, 15) is 0 Å². The van der Waals surface area contributed by atoms with E-state index < -0.39 is 0 Å². The number of para-hydroxylation sites is 1. The van der Waals surface area contributed by atoms with Crippen molar-refractivity contribution in [1.29, 1.82) is 0 Å². The van der Waals surface area contributed by atoms with E-state index in [1.165, 1.54) is 6.33 Å². The van der Waals surface area contributed by atoms with Crippen molar-refractivity contribution in [3.8, 4) is 0 Å². The Balaban J connectivity index is 1.84. The maximum atomic E-state index is 6.15. The zero-order chi connectivity index (χ0) is 15.4. The normalized spacial score (nSPS) is 10.2. The lowest BCUT2D eigenvalue weighted by atomic mass is 10.3. The average molecular weight is 356 g/mol. The number of rotatable bonds is 4. The Bertz CT molecular complexity index is 759. The van der Waals surface area contributed by atoms with E-state index in [1.54, 1.807) is 0 Å². The van der Waals surface area contributed by atoms with Crippen LogP contribution in [-0.4, -0.2) is 9.97 Å². The van der Waals surface area contributed by atoms with Crippen molar-refractivity contribution in [2.45, 2.75) is 0 Å². The number of benzene rings is 2. The third-order valence-corrected chi connectivity index (χ3v) is 3.56. The lowest BCUT2D eigenvalue weighted by Crippen LogP contribution is -2.05. The van der Waals surface area contributed by atoms with Crippen LogP contribution in [-0.2, 0) is 0 Å². The second kappa shape index (κ2) is 6.44. The van der Waals surface area contributed by atoms with Gasteiger partial charge in [0, 0.05) is 15.8 Å². The molecule has 4 N–H and O–H groups in total. The SMILES string of the molecule is Nc1c(Nc2ccccc2)ncnc1Nc1ccc(Br)cc1. The molecule has 0 saturated carbocycles. The molecule has 22 heavy (non-hydrogen) atoms. The number of anilines is 5. The van der Waals surface area contributed by atoms with Crippen LogP contribution >= 0.6 is 15.9 Å². The van der Waals surface area contributed by atoms with E-state index in [0.717, 1.165) is 15.8 Å². The predicted molar refractivity (Wildman–Crippen MR) is 93.6 cm³/mol. The zero-order valence-electron chi connectivity index (χ0n) is 11.6. The number of hydrogen-bond acceptors (Lipinski definition) is 5. The monoisotopic (exact) mass is 355 g/mol. The minimum Gasteiger partial charge on any atom is -0.393 e. The predicted octanol–water partition coefficient (Wildman–Crippen LogP) is 4.31. The molecule has 5 nitrogen and oxygen atoms in total. The largest absolute Gasteiger partial charge is 0.393 e. The molecule has 0 unspecified atom stereocenters. The van der Waals surface area contributed by atoms with Crippen molar-refractivity contribution >= 4 is 44.6 Å². The number of hydrogen-bond donors (Lipinski definition) is 3. The van der Waals surface area contributed by atoms with Gasteiger partial charge in [-0.2, -0.15) is 0 Å². The van der Waals surface area contributed by atoms with Gasteiger partial charge in [0.15, 0.2) is 11.6 Å². The number of halogens is 1. The fourth-order valence-corrected chi connectivity index (χ4v) is 2.19. The van der Waals surface area contributed by atoms with Crippen LogP contribution in [0.5, 0.6) is 0 Å². The van der Waals surface area contributed by atoms with Crippen LogP contribution in [0.15, 0.2) is 65.4 Å². The van der Waals surface area contributed by atoms with Crippen molar-refractivity contribution in [1.82, 2.24) is 9.97 Å². The van der Waals surface area contributed by atoms with Crippen LogP contribution in [0.4, 0.5) is 28.7 Å². The minimum atomic E-state index is 0.467. The van der Waals surface area contributed by atoms with Gasteiger partial charge in [0.1, 0.15) is 12.0 Å². The van der Waals surface area contributed by atoms with Gasteiger partial charge in [-0.3, -0.25) is 0 Å². The first-order valence-corrected chi connectivity index (χ1v) is 7.47. The Labute approximate surface area is 136 Å². The molecule has 0 saturated heterocycles. The van der Waals surface area contributed by atoms with E-state index in [-0.39, 0.29) is 0 Å². The summed E-state index contributed by atoms with van der Waals surface area (Å²) in [6.45, 7) is 0. The van der Waals surface area contributed by atoms with Crippen molar-refractivity contribution < 1.29 is 0 Å². The van der Waals surface area contributed by atoms with Crippen LogP contribution in [0.2, 0.25) is 0 Å². The molecule has 0 aliphatic rings. The first kappa shape index (κ1) is 14.3. The molecule has 6 heteroatoms. The maximum Gasteiger partial charge on any atom is 0.159 e. The molecule has 0 aliphatic heterocycles. The summed E-state index contributed by atoms with van der Waals surface area (Å²) in [5.74, 6) is 1.14. The summed E-state index contributed by atoms with van der Waals surface area (Å²) in [6, 6.07) is 17.5. The van der Waals surface area contributed by atoms with Gasteiger partial charge >= 0.3 is 0 Å². The summed E-state index contributed by atoms with van der Waals surface area (Å²) in [5, 5.41) is 6.37. The van der Waals surface area contributed by atoms with Gasteiger partial charge in [-0.25, -0.2) is 9.97 Å². The fraction of sp³-hybridized carbons (Fsp3) is 0. The third kappa shape index (κ3) is 3.35. The quantitative estimate of drug-likeness (QED) is 0.650. The Morgan fingerprint density at radius 3 is 1.91 bits per heavy atom. The second-order valence-corrected chi connectivity index (χ2v) is 5.52. The lowest BCUT2D eigenvalue weighted by molar-refractivity contribution is 1.17. The van der Waals surface area contributed by atoms with E-state index in [0.29, 0.717) is 17.3 Å². The van der Waals surface area contributed by atoms with Gasteiger partial charge in [-0.05, 0) is 36.4 Å². The number of aromatic nitrogens is 2. The Morgan fingerprint density at radius 2 is 1.32 bits per heavy atom. The van der Waals surface area contributed by atoms with Gasteiger partial charge < -0.3 is 16.4 Å². The molecule has 1 aromatic heterocycles. The highest BCUT2D eigenvalue weighted by molar-refractivity contribution is 9.10. The first-order valence-electron chi connectivity index (χ1n) is 6.67. The van der Waals surface area contributed by atoms with E-state index >= 15 is 0 Å². The van der Waals surface area contributed by atoms with Crippen LogP contribution in [0.3, 0.4) is 0 Å². The summed E-state index contributed by atoms with van der Waals surface area (Å²) in [7, 11) is 0. The Hall–Kier alpha value is -2.60. The molecule has 1 heterocycles. The molecule has 110 valence electrons. The molecule has 0 atom stereocenters. The molecule has 0 fully saturated rings. The lowest BCUT2D eigenvalue weighted by Gasteiger charge is -2.12. The Morgan fingerprint density at radius 1 is 0.773 bits per heavy atom. The summed E-state index contributed by atoms with van der Waals surface area (Å²) < 4.78 is 1.01. The van der Waals surface area contributed by atoms with E-state index in [4.69, 9.17) is 5.73 Å². The molecule has 0 aliphatic carbocycles. The third-order valence-electron chi connectivity index (χ3n) is 3.03. The summed E-state index contributed by atoms with van der Waals surface area (Å²) in [4.78, 5) is 8.39. The highest BCUT2D eigenvalue weighted by atomic mass is 79.9. The number of nitrogens with two attached hydrogens (primary N) is 1. The second-order valence-electron chi connectivity index (χ2n) is 4.61. The number of nitrogens with zero attached hydrogens (tertiary/aromatic N) is 2. The molecular weight excluding hydrogens is 342 g/mol. The molecule has 0 bridgehead atoms. The molecule has 3 aromatic rings. The van der Waals surface area contributed by atoms with Crippen LogP contribution in [0.1, 0.15) is 0 Å². The first-order chi connectivity index (χ1) is 10.7. The van der Waals surface area contributed by atoms with Gasteiger partial charge in [0.2, 0.25) is 0 Å². The highest BCUT2D eigenvalue weighted by Crippen LogP contribution is 2.28. The highest BCUT2D eigenvalue weighted by Gasteiger charge is 2.08. The smallest absolute Gasteiger partial charge is 0.159 e. The van der Waals surface area contributed by atoms with Gasteiger partial charge in [0.05, 0.1) is 0 Å². The van der Waals surface area contributed by atoms with Crippen LogP contribution < -0.4 is 16.4 Å². The molecule has 0 spiro atoms. The standard InChI is InChI=1S/C16H14BrN5/c17-11-6-8-13(9-7-11)22-16-14(18)15(19-10-20-16)21-12-4-2-1-3-5-12/h1-10H,18H2,(H2,19,20,21,22).